The van der Waals surface area contributed by atoms with E-state index in [0.717, 1.165) is 26.2 Å². The first-order chi connectivity index (χ1) is 22.9. The zero-order valence-electron chi connectivity index (χ0n) is 30.0. The van der Waals surface area contributed by atoms with Gasteiger partial charge in [-0.1, -0.05) is 45.8 Å². The molecule has 0 unspecified atom stereocenters. The number of alkyl carbamates (subject to hydrolysis) is 1. The molecule has 6 N–H and O–H groups in total. The summed E-state index contributed by atoms with van der Waals surface area (Å²) in [6, 6.07) is -1.07. The Hall–Kier alpha value is 0.00312. The number of aliphatic hydroxyl groups excluding tert-OH is 3. The van der Waals surface area contributed by atoms with Crippen LogP contribution >= 0.6 is 0 Å². The number of carbonyl (C=O) groups excluding carboxylic acids is 4. The van der Waals surface area contributed by atoms with E-state index >= 15 is 0 Å². The molecule has 5 aliphatic rings. The van der Waals surface area contributed by atoms with Crippen molar-refractivity contribution < 1.29 is 152 Å². The van der Waals surface area contributed by atoms with Crippen molar-refractivity contribution in [3.05, 3.63) is 23.8 Å². The molecule has 0 spiro atoms. The van der Waals surface area contributed by atoms with E-state index in [9.17, 15) is 44.7 Å². The van der Waals surface area contributed by atoms with E-state index < -0.39 is 101 Å². The molecular formula is C35H51Ac2NO13. The van der Waals surface area contributed by atoms with E-state index in [1.807, 2.05) is 0 Å². The number of nitrogens with one attached hydrogen (secondary N) is 1. The monoisotopic (exact) mass is 1150 g/mol. The Morgan fingerprint density at radius 2 is 1.71 bits per heavy atom. The molecule has 16 heteroatoms. The normalized spacial score (nSPS) is 38.3. The third-order valence-corrected chi connectivity index (χ3v) is 12.3. The van der Waals surface area contributed by atoms with Gasteiger partial charge in [-0.15, -0.1) is 0 Å². The first kappa shape index (κ1) is 45.4. The molecule has 0 aromatic heterocycles. The van der Waals surface area contributed by atoms with Gasteiger partial charge in [-0.25, -0.2) is 9.59 Å². The van der Waals surface area contributed by atoms with Crippen LogP contribution in [0.15, 0.2) is 23.8 Å². The zero-order chi connectivity index (χ0) is 36.3. The van der Waals surface area contributed by atoms with Gasteiger partial charge in [0.15, 0.2) is 11.9 Å². The maximum absolute atomic E-state index is 14.4. The van der Waals surface area contributed by atoms with Gasteiger partial charge in [0.05, 0.1) is 30.3 Å². The minimum atomic E-state index is -2.21. The van der Waals surface area contributed by atoms with Crippen LogP contribution < -0.4 is 5.32 Å². The summed E-state index contributed by atoms with van der Waals surface area (Å²) in [5, 5.41) is 62.1. The number of hydrogen-bond donors (Lipinski definition) is 6. The second kappa shape index (κ2) is 17.0. The van der Waals surface area contributed by atoms with Crippen LogP contribution in [-0.4, -0.2) is 116 Å². The Morgan fingerprint density at radius 3 is 2.25 bits per heavy atom. The van der Waals surface area contributed by atoms with Crippen LogP contribution in [-0.2, 0) is 33.3 Å². The van der Waals surface area contributed by atoms with Crippen LogP contribution in [0.25, 0.3) is 0 Å². The van der Waals surface area contributed by atoms with E-state index in [0.29, 0.717) is 12.8 Å². The third kappa shape index (κ3) is 7.74. The predicted molar refractivity (Wildman–Crippen MR) is 170 cm³/mol. The number of hydrogen-bond acceptors (Lipinski definition) is 13. The molecular weight excluding hydrogens is 1100 g/mol. The summed E-state index contributed by atoms with van der Waals surface area (Å²) in [5.41, 5.74) is -7.24. The van der Waals surface area contributed by atoms with Gasteiger partial charge in [0.2, 0.25) is 0 Å². The van der Waals surface area contributed by atoms with Crippen molar-refractivity contribution in [1.82, 2.24) is 5.32 Å². The first-order valence-corrected chi connectivity index (χ1v) is 17.1. The van der Waals surface area contributed by atoms with Crippen LogP contribution in [0.4, 0.5) is 4.79 Å². The van der Waals surface area contributed by atoms with E-state index in [2.05, 4.69) is 11.9 Å². The number of rotatable bonds is 8. The molecule has 0 aromatic rings. The average molecular weight is 1150 g/mol. The number of ether oxygens (including phenoxy) is 4. The topological polar surface area (TPSA) is 218 Å². The van der Waals surface area contributed by atoms with Crippen LogP contribution in [0.1, 0.15) is 79.6 Å². The first-order valence-electron chi connectivity index (χ1n) is 17.1. The van der Waals surface area contributed by atoms with Crippen molar-refractivity contribution in [3.63, 3.8) is 0 Å². The van der Waals surface area contributed by atoms with Crippen molar-refractivity contribution in [2.45, 2.75) is 133 Å². The molecule has 1 heterocycles. The minimum absolute atomic E-state index is 0. The third-order valence-electron chi connectivity index (χ3n) is 12.3. The molecule has 280 valence electrons. The zero-order valence-corrected chi connectivity index (χ0v) is 39.5. The summed E-state index contributed by atoms with van der Waals surface area (Å²) in [5.74, 6) is -4.55. The van der Waals surface area contributed by atoms with Gasteiger partial charge in [0, 0.05) is 119 Å². The summed E-state index contributed by atoms with van der Waals surface area (Å²) in [7, 11) is 0. The average Bonchev–Trinajstić information content (AvgIpc) is 3.04. The molecule has 2 radical (unpaired) electrons. The van der Waals surface area contributed by atoms with Gasteiger partial charge in [0.25, 0.3) is 0 Å². The van der Waals surface area contributed by atoms with Gasteiger partial charge in [-0.2, -0.15) is 0 Å². The smallest absolute Gasteiger partial charge is 0.407 e. The van der Waals surface area contributed by atoms with E-state index in [1.165, 1.54) is 19.9 Å². The van der Waals surface area contributed by atoms with E-state index in [4.69, 9.17) is 18.9 Å². The maximum Gasteiger partial charge on any atom is 0.407 e. The Bertz CT molecular complexity index is 1400. The molecule has 1 amide bonds. The minimum Gasteiger partial charge on any atom is -0.459 e. The Morgan fingerprint density at radius 1 is 1.08 bits per heavy atom. The second-order valence-electron chi connectivity index (χ2n) is 15.3. The molecule has 1 aliphatic heterocycles. The fraction of sp³-hybridized carbons (Fsp3) is 0.771. The van der Waals surface area contributed by atoms with Crippen molar-refractivity contribution in [1.29, 1.82) is 0 Å². The second-order valence-corrected chi connectivity index (χ2v) is 15.3. The number of esters is 2. The Balaban J connectivity index is 0.00000351. The quantitative estimate of drug-likeness (QED) is 0.114. The van der Waals surface area contributed by atoms with Gasteiger partial charge < -0.3 is 49.8 Å². The number of carbonyl (C=O) groups is 4. The molecule has 4 aliphatic carbocycles. The molecule has 51 heavy (non-hydrogen) atoms. The van der Waals surface area contributed by atoms with Crippen molar-refractivity contribution in [3.8, 4) is 0 Å². The molecule has 2 bridgehead atoms. The van der Waals surface area contributed by atoms with Crippen LogP contribution in [0, 0.1) is 111 Å². The van der Waals surface area contributed by atoms with Gasteiger partial charge >= 0.3 is 18.0 Å². The summed E-state index contributed by atoms with van der Waals surface area (Å²) >= 11 is 0. The molecule has 3 saturated carbocycles. The van der Waals surface area contributed by atoms with Gasteiger partial charge in [-0.05, 0) is 43.8 Å². The summed E-state index contributed by atoms with van der Waals surface area (Å²) in [6.45, 7) is 10.3. The molecule has 11 atom stereocenters. The number of aliphatic hydroxyl groups is 5. The summed E-state index contributed by atoms with van der Waals surface area (Å²) < 4.78 is 22.3. The van der Waals surface area contributed by atoms with Crippen molar-refractivity contribution in [2.24, 2.45) is 22.7 Å². The molecule has 4 fully saturated rings. The Kier molecular flexibility index (Phi) is 15.1. The maximum atomic E-state index is 14.4. The number of fused-ring (bicyclic) bond motifs is 5. The molecule has 14 nitrogen and oxygen atoms in total. The number of amides is 1. The van der Waals surface area contributed by atoms with E-state index in [1.54, 1.807) is 13.8 Å². The summed E-state index contributed by atoms with van der Waals surface area (Å²) in [4.78, 5) is 53.4. The number of ketones is 1. The van der Waals surface area contributed by atoms with Crippen LogP contribution in [0.3, 0.4) is 0 Å². The van der Waals surface area contributed by atoms with Gasteiger partial charge in [-0.3, -0.25) is 9.59 Å². The van der Waals surface area contributed by atoms with Crippen molar-refractivity contribution >= 4 is 23.8 Å². The van der Waals surface area contributed by atoms with Crippen LogP contribution in [0.5, 0.6) is 0 Å². The fourth-order valence-corrected chi connectivity index (χ4v) is 9.41. The van der Waals surface area contributed by atoms with E-state index in [-0.39, 0.29) is 125 Å². The Labute approximate surface area is 369 Å². The van der Waals surface area contributed by atoms with Crippen molar-refractivity contribution in [2.75, 3.05) is 13.2 Å². The largest absolute Gasteiger partial charge is 0.459 e. The SMILES string of the molecule is C=CCOC(=O)N[C@@H](C1CCCCC1)[C@@H](O)C(=O)O[C@H]1C[C@@]2(O)[C@@H](OC(C)=O)[C@@H]3[C@]4(O)CO[C@@H]4C[C@H](O)[C@@]3(C)C(=O)[C@H](O)C(=C1C)C2(C)C.[Ac].[Ac]. The molecule has 1 saturated heterocycles. The fourth-order valence-electron chi connectivity index (χ4n) is 9.41. The van der Waals surface area contributed by atoms with Gasteiger partial charge in [0.1, 0.15) is 36.1 Å². The predicted octanol–water partition coefficient (Wildman–Crippen LogP) is 0.990. The molecule has 5 rings (SSSR count). The summed E-state index contributed by atoms with van der Waals surface area (Å²) in [6.07, 6.45) is -5.31. The molecule has 0 aromatic carbocycles. The number of Topliss-reactive ketones (excluding diaryl/α,β-unsaturated/α-hetero) is 1. The van der Waals surface area contributed by atoms with Crippen LogP contribution in [0.2, 0.25) is 0 Å². The standard InChI is InChI=1S/C35H51NO13.2Ac/c1-7-13-46-31(43)36-24(19-11-9-8-10-12-19)26(40)30(42)49-20-15-35(45)29(48-18(3)37)27-33(6,21(38)14-22-34(27,44)16-47-22)28(41)25(39)23(17(20)2)32(35,4)5;;/h7,19-22,24-27,29,38-40,44-45H,1,8-16H2,2-6H3,(H,36,43);;/t20-,21-,22+,24-,25+,26+,27-,29-,33+,34-,35+;;/m0../s1.